The molecule has 9 nitrogen and oxygen atoms in total. The quantitative estimate of drug-likeness (QED) is 0.179. The molecule has 0 fully saturated rings. The number of aryl methyl sites for hydroxylation is 1. The smallest absolute Gasteiger partial charge is 0.279 e. The van der Waals surface area contributed by atoms with Crippen LogP contribution in [0.2, 0.25) is 0 Å². The Labute approximate surface area is 237 Å². The van der Waals surface area contributed by atoms with Gasteiger partial charge in [0.05, 0.1) is 24.5 Å². The summed E-state index contributed by atoms with van der Waals surface area (Å²) < 4.78 is 40.9. The molecule has 5 aromatic rings. The third-order valence-electron chi connectivity index (χ3n) is 6.28. The van der Waals surface area contributed by atoms with Crippen molar-refractivity contribution in [3.05, 3.63) is 88.3 Å². The van der Waals surface area contributed by atoms with E-state index in [9.17, 15) is 18.4 Å². The van der Waals surface area contributed by atoms with Crippen molar-refractivity contribution in [1.82, 2.24) is 25.1 Å². The average molecular weight is 578 g/mol. The van der Waals surface area contributed by atoms with Crippen molar-refractivity contribution in [2.24, 2.45) is 7.05 Å². The number of carbonyl (C=O) groups is 1. The molecule has 0 radical (unpaired) electrons. The number of benzene rings is 1. The third-order valence-corrected chi connectivity index (χ3v) is 7.22. The van der Waals surface area contributed by atoms with Crippen molar-refractivity contribution < 1.29 is 23.0 Å². The van der Waals surface area contributed by atoms with Crippen molar-refractivity contribution >= 4 is 27.3 Å². The van der Waals surface area contributed by atoms with Gasteiger partial charge < -0.3 is 19.4 Å². The Kier molecular flexibility index (Phi) is 8.04. The van der Waals surface area contributed by atoms with Gasteiger partial charge in [-0.05, 0) is 35.7 Å². The van der Waals surface area contributed by atoms with Gasteiger partial charge in [-0.2, -0.15) is 5.10 Å². The van der Waals surface area contributed by atoms with Crippen LogP contribution in [0.5, 0.6) is 5.75 Å². The highest BCUT2D eigenvalue weighted by Crippen LogP contribution is 2.45. The number of H-pyrrole nitrogens is 1. The Balaban J connectivity index is 1.73. The molecule has 5 rings (SSSR count). The summed E-state index contributed by atoms with van der Waals surface area (Å²) in [6.45, 7) is 3.48. The summed E-state index contributed by atoms with van der Waals surface area (Å²) in [6.07, 6.45) is 1.71. The summed E-state index contributed by atoms with van der Waals surface area (Å²) in [4.78, 5) is 28.8. The summed E-state index contributed by atoms with van der Waals surface area (Å²) in [5.74, 6) is -2.19. The van der Waals surface area contributed by atoms with E-state index in [0.717, 1.165) is 10.1 Å². The van der Waals surface area contributed by atoms with Crippen molar-refractivity contribution in [2.75, 3.05) is 20.3 Å². The Morgan fingerprint density at radius 2 is 2.00 bits per heavy atom. The van der Waals surface area contributed by atoms with Crippen LogP contribution in [0.1, 0.15) is 5.69 Å². The van der Waals surface area contributed by atoms with Crippen molar-refractivity contribution in [3.63, 3.8) is 0 Å². The standard InChI is InChI=1S/C29H25F2N5O4S/c1-16(30)29(38)32-14-19-13-22(35-34-19)27-25(20-6-5-18(31)12-23(20)40-10-9-39-3)28-21(8-11-41-28)26(33-27)17-4-7-24(37)36(2)15-17/h4-8,11-13,15H,1,9-10,14H2,2-3H3,(H,32,38)(H,34,35). The van der Waals surface area contributed by atoms with Crippen LogP contribution < -0.4 is 15.6 Å². The molecule has 0 aliphatic carbocycles. The van der Waals surface area contributed by atoms with Gasteiger partial charge in [0.2, 0.25) is 5.56 Å². The first kappa shape index (κ1) is 27.9. The van der Waals surface area contributed by atoms with E-state index in [1.165, 1.54) is 34.1 Å². The number of hydrogen-bond donors (Lipinski definition) is 2. The van der Waals surface area contributed by atoms with E-state index < -0.39 is 17.6 Å². The normalized spacial score (nSPS) is 11.1. The summed E-state index contributed by atoms with van der Waals surface area (Å²) in [5, 5.41) is 12.5. The molecule has 41 heavy (non-hydrogen) atoms. The number of methoxy groups -OCH3 is 1. The molecule has 0 aliphatic rings. The number of aromatic amines is 1. The molecular weight excluding hydrogens is 552 g/mol. The number of carbonyl (C=O) groups excluding carboxylic acids is 1. The SMILES string of the molecule is C=C(F)C(=O)NCc1cc(-c2nc(-c3ccc(=O)n(C)c3)c3ccsc3c2-c2ccc(F)cc2OCCOC)n[nH]1. The first-order valence-electron chi connectivity index (χ1n) is 12.4. The number of halogens is 2. The Morgan fingerprint density at radius 1 is 1.17 bits per heavy atom. The fourth-order valence-corrected chi connectivity index (χ4v) is 5.27. The molecule has 12 heteroatoms. The summed E-state index contributed by atoms with van der Waals surface area (Å²) in [5.41, 5.74) is 3.80. The van der Waals surface area contributed by atoms with Crippen LogP contribution >= 0.6 is 11.3 Å². The van der Waals surface area contributed by atoms with Crippen molar-refractivity contribution in [3.8, 4) is 39.5 Å². The van der Waals surface area contributed by atoms with Gasteiger partial charge in [0.15, 0.2) is 5.83 Å². The van der Waals surface area contributed by atoms with Crippen LogP contribution in [0, 0.1) is 5.82 Å². The lowest BCUT2D eigenvalue weighted by atomic mass is 9.97. The maximum Gasteiger partial charge on any atom is 0.279 e. The minimum absolute atomic E-state index is 0.0269. The lowest BCUT2D eigenvalue weighted by Gasteiger charge is -2.17. The number of amides is 1. The molecule has 1 amide bonds. The van der Waals surface area contributed by atoms with E-state index in [1.807, 2.05) is 11.4 Å². The van der Waals surface area contributed by atoms with Crippen LogP contribution in [0.25, 0.3) is 43.9 Å². The number of pyridine rings is 2. The minimum Gasteiger partial charge on any atom is -0.490 e. The zero-order valence-electron chi connectivity index (χ0n) is 22.2. The maximum atomic E-state index is 14.4. The van der Waals surface area contributed by atoms with Gasteiger partial charge >= 0.3 is 0 Å². The lowest BCUT2D eigenvalue weighted by Crippen LogP contribution is -2.22. The molecule has 0 saturated carbocycles. The van der Waals surface area contributed by atoms with Gasteiger partial charge in [-0.3, -0.25) is 14.7 Å². The highest BCUT2D eigenvalue weighted by Gasteiger charge is 2.24. The van der Waals surface area contributed by atoms with Gasteiger partial charge in [0.1, 0.15) is 29.6 Å². The van der Waals surface area contributed by atoms with Crippen LogP contribution in [0.4, 0.5) is 8.78 Å². The Morgan fingerprint density at radius 3 is 2.76 bits per heavy atom. The molecular formula is C29H25F2N5O4S. The second-order valence-electron chi connectivity index (χ2n) is 9.06. The zero-order valence-corrected chi connectivity index (χ0v) is 23.0. The third kappa shape index (κ3) is 5.79. The molecule has 210 valence electrons. The van der Waals surface area contributed by atoms with Crippen molar-refractivity contribution in [1.29, 1.82) is 0 Å². The largest absolute Gasteiger partial charge is 0.490 e. The van der Waals surface area contributed by atoms with Crippen LogP contribution in [0.15, 0.2) is 71.2 Å². The Bertz CT molecular complexity index is 1830. The predicted molar refractivity (Wildman–Crippen MR) is 153 cm³/mol. The fourth-order valence-electron chi connectivity index (χ4n) is 4.32. The number of nitrogens with zero attached hydrogens (tertiary/aromatic N) is 3. The van der Waals surface area contributed by atoms with E-state index in [1.54, 1.807) is 38.6 Å². The lowest BCUT2D eigenvalue weighted by molar-refractivity contribution is -0.119. The average Bonchev–Trinajstić information content (AvgIpc) is 3.63. The molecule has 0 unspecified atom stereocenters. The van der Waals surface area contributed by atoms with E-state index in [0.29, 0.717) is 51.8 Å². The second kappa shape index (κ2) is 11.8. The van der Waals surface area contributed by atoms with Crippen LogP contribution in [-0.2, 0) is 23.1 Å². The Hall–Kier alpha value is -4.68. The molecule has 0 saturated heterocycles. The highest BCUT2D eigenvalue weighted by molar-refractivity contribution is 7.18. The first-order chi connectivity index (χ1) is 19.8. The number of hydrogen-bond acceptors (Lipinski definition) is 7. The summed E-state index contributed by atoms with van der Waals surface area (Å²) >= 11 is 1.47. The molecule has 0 spiro atoms. The second-order valence-corrected chi connectivity index (χ2v) is 9.98. The zero-order chi connectivity index (χ0) is 29.1. The first-order valence-corrected chi connectivity index (χ1v) is 13.3. The van der Waals surface area contributed by atoms with E-state index in [4.69, 9.17) is 14.5 Å². The monoisotopic (exact) mass is 577 g/mol. The van der Waals surface area contributed by atoms with Crippen molar-refractivity contribution in [2.45, 2.75) is 6.54 Å². The maximum absolute atomic E-state index is 14.4. The van der Waals surface area contributed by atoms with Gasteiger partial charge in [-0.15, -0.1) is 11.3 Å². The van der Waals surface area contributed by atoms with E-state index in [2.05, 4.69) is 22.1 Å². The molecule has 0 aliphatic heterocycles. The molecule has 1 aromatic carbocycles. The summed E-state index contributed by atoms with van der Waals surface area (Å²) in [6, 6.07) is 11.1. The minimum atomic E-state index is -1.10. The topological polar surface area (TPSA) is 111 Å². The number of rotatable bonds is 10. The summed E-state index contributed by atoms with van der Waals surface area (Å²) in [7, 11) is 3.21. The highest BCUT2D eigenvalue weighted by atomic mass is 32.1. The van der Waals surface area contributed by atoms with Gasteiger partial charge in [-0.1, -0.05) is 6.58 Å². The molecule has 0 bridgehead atoms. The number of fused-ring (bicyclic) bond motifs is 1. The van der Waals surface area contributed by atoms with Crippen LogP contribution in [0.3, 0.4) is 0 Å². The molecule has 4 aromatic heterocycles. The van der Waals surface area contributed by atoms with Gasteiger partial charge in [0, 0.05) is 59.3 Å². The van der Waals surface area contributed by atoms with Gasteiger partial charge in [-0.25, -0.2) is 13.8 Å². The predicted octanol–water partition coefficient (Wildman–Crippen LogP) is 4.98. The fraction of sp³-hybridized carbons (Fsp3) is 0.172. The molecule has 4 heterocycles. The van der Waals surface area contributed by atoms with Crippen LogP contribution in [-0.4, -0.2) is 46.0 Å². The number of ether oxygens (including phenoxy) is 2. The number of aromatic nitrogens is 4. The molecule has 0 atom stereocenters. The van der Waals surface area contributed by atoms with E-state index in [-0.39, 0.29) is 18.7 Å². The number of thiophene rings is 1. The number of nitrogens with one attached hydrogen (secondary N) is 2. The van der Waals surface area contributed by atoms with Gasteiger partial charge in [0.25, 0.3) is 5.91 Å². The van der Waals surface area contributed by atoms with E-state index >= 15 is 0 Å². The molecule has 2 N–H and O–H groups in total.